The minimum atomic E-state index is -0.0597. The van der Waals surface area contributed by atoms with E-state index in [1.54, 1.807) is 0 Å². The number of nitrogens with one attached hydrogen (secondary N) is 2. The molecule has 1 amide bonds. The number of carbonyl (C=O) groups excluding carboxylic acids is 1. The summed E-state index contributed by atoms with van der Waals surface area (Å²) in [6, 6.07) is 7.51. The van der Waals surface area contributed by atoms with Crippen LogP contribution in [0.4, 0.5) is 5.69 Å². The molecule has 0 spiro atoms. The molecular weight excluding hydrogens is 278 g/mol. The Hall–Kier alpha value is -2.30. The number of aromatic nitrogens is 1. The zero-order chi connectivity index (χ0) is 16.1. The first-order valence-corrected chi connectivity index (χ1v) is 7.52. The molecular formula is C17H23N3O2. The van der Waals surface area contributed by atoms with Gasteiger partial charge in [0.25, 0.3) is 5.91 Å². The van der Waals surface area contributed by atoms with Crippen molar-refractivity contribution in [1.29, 1.82) is 0 Å². The molecule has 0 fully saturated rings. The van der Waals surface area contributed by atoms with Gasteiger partial charge >= 0.3 is 0 Å². The minimum Gasteiger partial charge on any atom is -0.380 e. The fourth-order valence-corrected chi connectivity index (χ4v) is 2.17. The van der Waals surface area contributed by atoms with E-state index in [2.05, 4.69) is 29.6 Å². The lowest BCUT2D eigenvalue weighted by Gasteiger charge is -2.13. The van der Waals surface area contributed by atoms with Crippen LogP contribution in [0.3, 0.4) is 0 Å². The molecule has 1 aromatic carbocycles. The summed E-state index contributed by atoms with van der Waals surface area (Å²) in [4.78, 5) is 12.3. The molecule has 0 bridgehead atoms. The highest BCUT2D eigenvalue weighted by molar-refractivity contribution is 5.99. The Morgan fingerprint density at radius 2 is 2.00 bits per heavy atom. The summed E-state index contributed by atoms with van der Waals surface area (Å²) in [6.45, 7) is 9.18. The summed E-state index contributed by atoms with van der Waals surface area (Å²) >= 11 is 0. The van der Waals surface area contributed by atoms with Crippen LogP contribution in [-0.2, 0) is 6.54 Å². The van der Waals surface area contributed by atoms with Crippen molar-refractivity contribution in [1.82, 2.24) is 10.5 Å². The fraction of sp³-hybridized carbons (Fsp3) is 0.412. The number of anilines is 1. The predicted molar refractivity (Wildman–Crippen MR) is 86.9 cm³/mol. The standard InChI is InChI=1S/C17H23N3O2/c1-11(2)9-19-17(21)14-7-5-6-8-16(14)18-10-15-12(3)20-22-13(15)4/h5-8,11,18H,9-10H2,1-4H3,(H,19,21). The van der Waals surface area contributed by atoms with E-state index in [9.17, 15) is 4.79 Å². The highest BCUT2D eigenvalue weighted by Gasteiger charge is 2.13. The monoisotopic (exact) mass is 301 g/mol. The summed E-state index contributed by atoms with van der Waals surface area (Å²) in [5, 5.41) is 10.2. The molecule has 2 aromatic rings. The molecule has 5 heteroatoms. The van der Waals surface area contributed by atoms with Crippen molar-refractivity contribution >= 4 is 11.6 Å². The first-order valence-electron chi connectivity index (χ1n) is 7.52. The van der Waals surface area contributed by atoms with Crippen LogP contribution in [0.5, 0.6) is 0 Å². The number of carbonyl (C=O) groups is 1. The maximum Gasteiger partial charge on any atom is 0.253 e. The molecule has 0 atom stereocenters. The lowest BCUT2D eigenvalue weighted by molar-refractivity contribution is 0.0950. The molecule has 0 saturated heterocycles. The summed E-state index contributed by atoms with van der Waals surface area (Å²) in [7, 11) is 0. The van der Waals surface area contributed by atoms with E-state index in [-0.39, 0.29) is 5.91 Å². The van der Waals surface area contributed by atoms with Gasteiger partial charge in [-0.25, -0.2) is 0 Å². The van der Waals surface area contributed by atoms with Gasteiger partial charge in [0.2, 0.25) is 0 Å². The second-order valence-corrected chi connectivity index (χ2v) is 5.81. The number of amides is 1. The molecule has 0 aliphatic heterocycles. The van der Waals surface area contributed by atoms with E-state index in [1.165, 1.54) is 0 Å². The smallest absolute Gasteiger partial charge is 0.253 e. The molecule has 0 radical (unpaired) electrons. The molecule has 0 aliphatic carbocycles. The Morgan fingerprint density at radius 3 is 2.64 bits per heavy atom. The van der Waals surface area contributed by atoms with Crippen molar-refractivity contribution in [2.24, 2.45) is 5.92 Å². The third-order valence-electron chi connectivity index (χ3n) is 3.48. The third-order valence-corrected chi connectivity index (χ3v) is 3.48. The maximum atomic E-state index is 12.3. The summed E-state index contributed by atoms with van der Waals surface area (Å²) in [6.07, 6.45) is 0. The second kappa shape index (κ2) is 7.11. The van der Waals surface area contributed by atoms with Crippen LogP contribution < -0.4 is 10.6 Å². The first-order chi connectivity index (χ1) is 10.5. The van der Waals surface area contributed by atoms with Crippen LogP contribution in [0.15, 0.2) is 28.8 Å². The van der Waals surface area contributed by atoms with Gasteiger partial charge in [-0.15, -0.1) is 0 Å². The molecule has 0 saturated carbocycles. The van der Waals surface area contributed by atoms with Crippen LogP contribution in [0.1, 0.15) is 41.2 Å². The lowest BCUT2D eigenvalue weighted by atomic mass is 10.1. The van der Waals surface area contributed by atoms with E-state index in [1.807, 2.05) is 38.1 Å². The molecule has 0 aliphatic rings. The number of hydrogen-bond donors (Lipinski definition) is 2. The van der Waals surface area contributed by atoms with Crippen LogP contribution >= 0.6 is 0 Å². The number of aryl methyl sites for hydroxylation is 2. The Bertz CT molecular complexity index is 628. The number of hydrogen-bond acceptors (Lipinski definition) is 4. The summed E-state index contributed by atoms with van der Waals surface area (Å²) in [5.41, 5.74) is 3.35. The van der Waals surface area contributed by atoms with Gasteiger partial charge in [-0.1, -0.05) is 31.1 Å². The molecule has 5 nitrogen and oxygen atoms in total. The normalized spacial score (nSPS) is 10.8. The number of para-hydroxylation sites is 1. The number of rotatable bonds is 6. The van der Waals surface area contributed by atoms with Gasteiger partial charge in [0.15, 0.2) is 0 Å². The van der Waals surface area contributed by atoms with Crippen molar-refractivity contribution in [2.45, 2.75) is 34.2 Å². The van der Waals surface area contributed by atoms with Gasteiger partial charge in [0, 0.05) is 24.3 Å². The summed E-state index contributed by atoms with van der Waals surface area (Å²) in [5.74, 6) is 1.16. The van der Waals surface area contributed by atoms with E-state index in [0.29, 0.717) is 24.6 Å². The van der Waals surface area contributed by atoms with E-state index in [0.717, 1.165) is 22.7 Å². The van der Waals surface area contributed by atoms with Gasteiger partial charge in [0.05, 0.1) is 11.3 Å². The van der Waals surface area contributed by atoms with Crippen molar-refractivity contribution in [3.8, 4) is 0 Å². The highest BCUT2D eigenvalue weighted by Crippen LogP contribution is 2.19. The average molecular weight is 301 g/mol. The zero-order valence-corrected chi connectivity index (χ0v) is 13.6. The van der Waals surface area contributed by atoms with Gasteiger partial charge < -0.3 is 15.2 Å². The van der Waals surface area contributed by atoms with Gasteiger partial charge in [-0.3, -0.25) is 4.79 Å². The fourth-order valence-electron chi connectivity index (χ4n) is 2.17. The van der Waals surface area contributed by atoms with Crippen LogP contribution in [0, 0.1) is 19.8 Å². The lowest BCUT2D eigenvalue weighted by Crippen LogP contribution is -2.28. The van der Waals surface area contributed by atoms with E-state index < -0.39 is 0 Å². The molecule has 2 rings (SSSR count). The third kappa shape index (κ3) is 3.87. The number of nitrogens with zero attached hydrogens (tertiary/aromatic N) is 1. The Kier molecular flexibility index (Phi) is 5.20. The largest absolute Gasteiger partial charge is 0.380 e. The Morgan fingerprint density at radius 1 is 1.27 bits per heavy atom. The van der Waals surface area contributed by atoms with Crippen molar-refractivity contribution in [3.63, 3.8) is 0 Å². The maximum absolute atomic E-state index is 12.3. The Labute approximate surface area is 131 Å². The van der Waals surface area contributed by atoms with Gasteiger partial charge in [-0.2, -0.15) is 0 Å². The SMILES string of the molecule is Cc1noc(C)c1CNc1ccccc1C(=O)NCC(C)C. The van der Waals surface area contributed by atoms with Crippen LogP contribution in [0.25, 0.3) is 0 Å². The number of benzene rings is 1. The molecule has 118 valence electrons. The first kappa shape index (κ1) is 16.1. The van der Waals surface area contributed by atoms with Crippen LogP contribution in [0.2, 0.25) is 0 Å². The zero-order valence-electron chi connectivity index (χ0n) is 13.6. The predicted octanol–water partition coefficient (Wildman–Crippen LogP) is 3.29. The average Bonchev–Trinajstić information content (AvgIpc) is 2.82. The molecule has 0 unspecified atom stereocenters. The highest BCUT2D eigenvalue weighted by atomic mass is 16.5. The van der Waals surface area contributed by atoms with Crippen molar-refractivity contribution in [3.05, 3.63) is 46.8 Å². The minimum absolute atomic E-state index is 0.0597. The van der Waals surface area contributed by atoms with Crippen LogP contribution in [-0.4, -0.2) is 17.6 Å². The van der Waals surface area contributed by atoms with Gasteiger partial charge in [-0.05, 0) is 31.9 Å². The van der Waals surface area contributed by atoms with Gasteiger partial charge in [0.1, 0.15) is 5.76 Å². The Balaban J connectivity index is 2.10. The van der Waals surface area contributed by atoms with Crippen molar-refractivity contribution in [2.75, 3.05) is 11.9 Å². The topological polar surface area (TPSA) is 67.2 Å². The quantitative estimate of drug-likeness (QED) is 0.859. The molecule has 1 heterocycles. The molecule has 22 heavy (non-hydrogen) atoms. The molecule has 1 aromatic heterocycles. The summed E-state index contributed by atoms with van der Waals surface area (Å²) < 4.78 is 5.16. The molecule has 2 N–H and O–H groups in total. The van der Waals surface area contributed by atoms with E-state index >= 15 is 0 Å². The van der Waals surface area contributed by atoms with E-state index in [4.69, 9.17) is 4.52 Å². The second-order valence-electron chi connectivity index (χ2n) is 5.81. The van der Waals surface area contributed by atoms with Crippen molar-refractivity contribution < 1.29 is 9.32 Å².